The summed E-state index contributed by atoms with van der Waals surface area (Å²) in [5, 5.41) is 0. The molecule has 0 rings (SSSR count). The summed E-state index contributed by atoms with van der Waals surface area (Å²) in [7, 11) is 1.37. The summed E-state index contributed by atoms with van der Waals surface area (Å²) in [6.07, 6.45) is 7.92. The maximum Gasteiger partial charge on any atom is 0.305 e. The fraction of sp³-hybridized carbons (Fsp3) is 0.692. The van der Waals surface area contributed by atoms with Gasteiger partial charge in [0.15, 0.2) is 0 Å². The number of hydrogen-bond acceptors (Lipinski definition) is 3. The summed E-state index contributed by atoms with van der Waals surface area (Å²) in [6.45, 7) is 3.69. The number of ketones is 1. The molecule has 0 fully saturated rings. The number of methoxy groups -OCH3 is 1. The molecule has 0 radical (unpaired) electrons. The Labute approximate surface area is 97.9 Å². The summed E-state index contributed by atoms with van der Waals surface area (Å²) < 4.78 is 4.56. The molecule has 3 heteroatoms. The minimum atomic E-state index is -0.246. The van der Waals surface area contributed by atoms with Crippen LogP contribution in [0.25, 0.3) is 0 Å². The molecule has 0 saturated carbocycles. The third-order valence-corrected chi connectivity index (χ3v) is 2.54. The smallest absolute Gasteiger partial charge is 0.305 e. The number of rotatable bonds is 8. The number of Topliss-reactive ketones (excluding diaryl/α,β-unsaturated/α-hetero) is 1. The highest BCUT2D eigenvalue weighted by atomic mass is 16.5. The Hall–Kier alpha value is -1.12. The van der Waals surface area contributed by atoms with Gasteiger partial charge in [-0.25, -0.2) is 0 Å². The van der Waals surface area contributed by atoms with E-state index in [0.717, 1.165) is 19.3 Å². The molecule has 16 heavy (non-hydrogen) atoms. The Morgan fingerprint density at radius 1 is 1.31 bits per heavy atom. The molecule has 1 atom stereocenters. The third kappa shape index (κ3) is 7.21. The second-order valence-corrected chi connectivity index (χ2v) is 3.92. The number of hydrogen-bond donors (Lipinski definition) is 0. The average molecular weight is 226 g/mol. The van der Waals surface area contributed by atoms with Gasteiger partial charge in [0.05, 0.1) is 7.11 Å². The molecule has 0 aromatic heterocycles. The number of esters is 1. The molecule has 0 aliphatic carbocycles. The number of carbonyl (C=O) groups excluding carboxylic acids is 2. The van der Waals surface area contributed by atoms with Crippen LogP contribution in [-0.4, -0.2) is 18.9 Å². The van der Waals surface area contributed by atoms with Crippen molar-refractivity contribution in [2.75, 3.05) is 7.11 Å². The summed E-state index contributed by atoms with van der Waals surface area (Å²) in [5.41, 5.74) is 0. The van der Waals surface area contributed by atoms with Gasteiger partial charge in [0.1, 0.15) is 5.78 Å². The average Bonchev–Trinajstić information content (AvgIpc) is 2.27. The fourth-order valence-corrected chi connectivity index (χ4v) is 1.43. The molecule has 0 N–H and O–H groups in total. The number of ether oxygens (including phenoxy) is 1. The van der Waals surface area contributed by atoms with Crippen LogP contribution in [0.2, 0.25) is 0 Å². The third-order valence-electron chi connectivity index (χ3n) is 2.54. The molecule has 0 aromatic carbocycles. The van der Waals surface area contributed by atoms with E-state index in [-0.39, 0.29) is 17.7 Å². The van der Waals surface area contributed by atoms with E-state index >= 15 is 0 Å². The van der Waals surface area contributed by atoms with Crippen LogP contribution in [0.3, 0.4) is 0 Å². The van der Waals surface area contributed by atoms with Crippen molar-refractivity contribution in [3.8, 4) is 0 Å². The zero-order chi connectivity index (χ0) is 12.4. The van der Waals surface area contributed by atoms with Crippen LogP contribution in [0, 0.1) is 5.92 Å². The van der Waals surface area contributed by atoms with Gasteiger partial charge in [0.25, 0.3) is 0 Å². The van der Waals surface area contributed by atoms with Gasteiger partial charge in [-0.1, -0.05) is 25.5 Å². The maximum absolute atomic E-state index is 11.3. The molecule has 0 aliphatic heterocycles. The lowest BCUT2D eigenvalue weighted by atomic mass is 9.95. The molecule has 3 nitrogen and oxygen atoms in total. The van der Waals surface area contributed by atoms with Gasteiger partial charge in [0, 0.05) is 12.3 Å². The predicted octanol–water partition coefficient (Wildman–Crippen LogP) is 2.89. The van der Waals surface area contributed by atoms with Crippen molar-refractivity contribution < 1.29 is 14.3 Å². The lowest BCUT2D eigenvalue weighted by Gasteiger charge is -2.10. The predicted molar refractivity (Wildman–Crippen MR) is 64.1 cm³/mol. The van der Waals surface area contributed by atoms with E-state index in [0.29, 0.717) is 12.8 Å². The summed E-state index contributed by atoms with van der Waals surface area (Å²) in [5.74, 6) is -0.152. The SMILES string of the molecule is CCC/C=C/CC(CCC(=O)OC)C(C)=O. The zero-order valence-corrected chi connectivity index (χ0v) is 10.5. The Kier molecular flexibility index (Phi) is 8.49. The molecule has 1 unspecified atom stereocenters. The molecule has 0 bridgehead atoms. The quantitative estimate of drug-likeness (QED) is 0.472. The molecule has 0 aromatic rings. The first kappa shape index (κ1) is 14.9. The van der Waals surface area contributed by atoms with E-state index in [4.69, 9.17) is 0 Å². The number of carbonyl (C=O) groups is 2. The topological polar surface area (TPSA) is 43.4 Å². The first-order chi connectivity index (χ1) is 7.61. The van der Waals surface area contributed by atoms with Gasteiger partial charge < -0.3 is 4.74 Å². The van der Waals surface area contributed by atoms with Gasteiger partial charge in [-0.05, 0) is 26.2 Å². The van der Waals surface area contributed by atoms with Crippen molar-refractivity contribution in [1.82, 2.24) is 0 Å². The minimum absolute atomic E-state index is 0.0489. The summed E-state index contributed by atoms with van der Waals surface area (Å²) in [4.78, 5) is 22.3. The van der Waals surface area contributed by atoms with Gasteiger partial charge >= 0.3 is 5.97 Å². The fourth-order valence-electron chi connectivity index (χ4n) is 1.43. The highest BCUT2D eigenvalue weighted by molar-refractivity contribution is 5.79. The second-order valence-electron chi connectivity index (χ2n) is 3.92. The van der Waals surface area contributed by atoms with E-state index in [1.54, 1.807) is 6.92 Å². The van der Waals surface area contributed by atoms with E-state index in [2.05, 4.69) is 17.7 Å². The van der Waals surface area contributed by atoms with E-state index < -0.39 is 0 Å². The van der Waals surface area contributed by atoms with Crippen LogP contribution in [0.4, 0.5) is 0 Å². The Morgan fingerprint density at radius 3 is 2.50 bits per heavy atom. The lowest BCUT2D eigenvalue weighted by molar-refractivity contribution is -0.141. The monoisotopic (exact) mass is 226 g/mol. The van der Waals surface area contributed by atoms with E-state index in [9.17, 15) is 9.59 Å². The van der Waals surface area contributed by atoms with E-state index in [1.165, 1.54) is 7.11 Å². The Bertz CT molecular complexity index is 244. The number of allylic oxidation sites excluding steroid dienone is 2. The summed E-state index contributed by atoms with van der Waals surface area (Å²) in [6, 6.07) is 0. The first-order valence-electron chi connectivity index (χ1n) is 5.84. The highest BCUT2D eigenvalue weighted by Gasteiger charge is 2.14. The minimum Gasteiger partial charge on any atom is -0.469 e. The standard InChI is InChI=1S/C13H22O3/c1-4-5-6-7-8-12(11(2)14)9-10-13(15)16-3/h6-7,12H,4-5,8-10H2,1-3H3/b7-6+. The van der Waals surface area contributed by atoms with Crippen LogP contribution < -0.4 is 0 Å². The van der Waals surface area contributed by atoms with Gasteiger partial charge in [0.2, 0.25) is 0 Å². The Morgan fingerprint density at radius 2 is 2.00 bits per heavy atom. The highest BCUT2D eigenvalue weighted by Crippen LogP contribution is 2.14. The van der Waals surface area contributed by atoms with Gasteiger partial charge in [-0.2, -0.15) is 0 Å². The van der Waals surface area contributed by atoms with Crippen molar-refractivity contribution in [2.24, 2.45) is 5.92 Å². The van der Waals surface area contributed by atoms with Crippen molar-refractivity contribution in [1.29, 1.82) is 0 Å². The van der Waals surface area contributed by atoms with Crippen LogP contribution in [-0.2, 0) is 14.3 Å². The van der Waals surface area contributed by atoms with Crippen LogP contribution >= 0.6 is 0 Å². The van der Waals surface area contributed by atoms with Crippen LogP contribution in [0.15, 0.2) is 12.2 Å². The maximum atomic E-state index is 11.3. The first-order valence-corrected chi connectivity index (χ1v) is 5.84. The van der Waals surface area contributed by atoms with Crippen molar-refractivity contribution in [2.45, 2.75) is 46.0 Å². The normalized spacial score (nSPS) is 12.7. The molecule has 0 spiro atoms. The van der Waals surface area contributed by atoms with Gasteiger partial charge in [-0.3, -0.25) is 9.59 Å². The van der Waals surface area contributed by atoms with Crippen molar-refractivity contribution >= 4 is 11.8 Å². The molecule has 0 saturated heterocycles. The second kappa shape index (κ2) is 9.13. The van der Waals surface area contributed by atoms with Crippen molar-refractivity contribution in [3.05, 3.63) is 12.2 Å². The zero-order valence-electron chi connectivity index (χ0n) is 10.5. The van der Waals surface area contributed by atoms with Gasteiger partial charge in [-0.15, -0.1) is 0 Å². The van der Waals surface area contributed by atoms with Crippen LogP contribution in [0.5, 0.6) is 0 Å². The van der Waals surface area contributed by atoms with E-state index in [1.807, 2.05) is 6.08 Å². The van der Waals surface area contributed by atoms with Crippen LogP contribution in [0.1, 0.15) is 46.0 Å². The number of unbranched alkanes of at least 4 members (excludes halogenated alkanes) is 1. The molecule has 0 heterocycles. The lowest BCUT2D eigenvalue weighted by Crippen LogP contribution is -2.12. The molecule has 0 amide bonds. The largest absolute Gasteiger partial charge is 0.469 e. The molecular weight excluding hydrogens is 204 g/mol. The van der Waals surface area contributed by atoms with Crippen molar-refractivity contribution in [3.63, 3.8) is 0 Å². The Balaban J connectivity index is 3.98. The molecular formula is C13H22O3. The summed E-state index contributed by atoms with van der Waals surface area (Å²) >= 11 is 0. The molecule has 92 valence electrons. The molecule has 0 aliphatic rings.